The van der Waals surface area contributed by atoms with Crippen LogP contribution in [0.2, 0.25) is 0 Å². The minimum Gasteiger partial charge on any atom is -0.451 e. The summed E-state index contributed by atoms with van der Waals surface area (Å²) in [5.41, 5.74) is -3.79. The summed E-state index contributed by atoms with van der Waals surface area (Å²) in [6.45, 7) is 13.3. The van der Waals surface area contributed by atoms with Crippen LogP contribution in [0.15, 0.2) is 0 Å². The SMILES string of the molecule is C.C.C.C.C.C.C.C.C.C.C.C.C.C.C.C.C.C.C.C.C.C.C.C.C.C.C.C.CC(O)OCCOCC(COCCOC(C)O)OCCOC(COCCOCCO)COCCOCCO.CC(OCCOCC(COCCOC(C)OC(=O)Cl)OCCOC(COCCOCCOC(=O)Cl)COCCOCCOC(=O)Cl)OC(=O)Cl. The average Bonchev–Trinajstić information content (AvgIpc) is 0.980. The van der Waals surface area contributed by atoms with Crippen molar-refractivity contribution in [3.05, 3.63) is 0 Å². The zero-order valence-electron chi connectivity index (χ0n) is 50.8. The van der Waals surface area contributed by atoms with Crippen LogP contribution in [-0.4, -0.2) is 330 Å². The van der Waals surface area contributed by atoms with Crippen molar-refractivity contribution < 1.29 is 153 Å². The molecule has 0 saturated heterocycles. The van der Waals surface area contributed by atoms with Gasteiger partial charge in [0, 0.05) is 46.4 Å². The van der Waals surface area contributed by atoms with Gasteiger partial charge in [-0.15, -0.1) is 0 Å². The first-order valence-corrected chi connectivity index (χ1v) is 29.8. The maximum absolute atomic E-state index is 10.8. The zero-order chi connectivity index (χ0) is 65.4. The molecule has 0 spiro atoms. The van der Waals surface area contributed by atoms with Crippen molar-refractivity contribution in [1.82, 2.24) is 0 Å². The van der Waals surface area contributed by atoms with Gasteiger partial charge < -0.3 is 134 Å². The number of carbonyl (C=O) groups is 4. The maximum Gasteiger partial charge on any atom is 0.406 e. The van der Waals surface area contributed by atoms with Crippen LogP contribution in [0.4, 0.5) is 19.2 Å². The molecule has 0 fully saturated rings. The molecule has 4 atom stereocenters. The largest absolute Gasteiger partial charge is 0.451 e. The third-order valence-electron chi connectivity index (χ3n) is 9.71. The predicted molar refractivity (Wildman–Crippen MR) is 497 cm³/mol. The summed E-state index contributed by atoms with van der Waals surface area (Å²) in [5.74, 6) is 0. The molecule has 0 rings (SSSR count). The van der Waals surface area contributed by atoms with E-state index in [1.165, 1.54) is 27.7 Å². The molecular formula is C80H208Cl4O32. The van der Waals surface area contributed by atoms with E-state index in [1.807, 2.05) is 0 Å². The molecule has 0 aromatic carbocycles. The van der Waals surface area contributed by atoms with Gasteiger partial charge in [-0.1, -0.05) is 208 Å². The molecule has 116 heavy (non-hydrogen) atoms. The van der Waals surface area contributed by atoms with E-state index in [1.54, 1.807) is 0 Å². The minimum absolute atomic E-state index is 0. The lowest BCUT2D eigenvalue weighted by molar-refractivity contribution is -0.127. The van der Waals surface area contributed by atoms with Gasteiger partial charge in [0.1, 0.15) is 37.6 Å². The van der Waals surface area contributed by atoms with Crippen molar-refractivity contribution in [3.8, 4) is 0 Å². The highest BCUT2D eigenvalue weighted by Gasteiger charge is 2.17. The molecular weight excluding hydrogens is 1610 g/mol. The predicted octanol–water partition coefficient (Wildman–Crippen LogP) is 20.4. The van der Waals surface area contributed by atoms with E-state index in [0.717, 1.165) is 0 Å². The molecule has 4 unspecified atom stereocenters. The molecule has 0 saturated carbocycles. The number of rotatable bonds is 66. The molecule has 748 valence electrons. The van der Waals surface area contributed by atoms with Gasteiger partial charge in [-0.05, 0) is 27.7 Å². The number of hydrogen-bond acceptors (Lipinski definition) is 32. The Morgan fingerprint density at radius 1 is 0.216 bits per heavy atom. The highest BCUT2D eigenvalue weighted by molar-refractivity contribution is 6.61. The van der Waals surface area contributed by atoms with Gasteiger partial charge in [0.25, 0.3) is 0 Å². The number of hydrogen-bond donors (Lipinski definition) is 4. The van der Waals surface area contributed by atoms with Crippen LogP contribution >= 0.6 is 46.4 Å². The van der Waals surface area contributed by atoms with E-state index in [-0.39, 0.29) is 432 Å². The smallest absolute Gasteiger partial charge is 0.406 e. The molecule has 0 aliphatic heterocycles. The van der Waals surface area contributed by atoms with E-state index < -0.39 is 59.1 Å². The Balaban J connectivity index is -0.0000000374. The van der Waals surface area contributed by atoms with Crippen molar-refractivity contribution in [2.24, 2.45) is 0 Å². The lowest BCUT2D eigenvalue weighted by atomic mass is 10.4. The number of ether oxygens (including phenoxy) is 24. The molecule has 0 heterocycles. The fourth-order valence-corrected chi connectivity index (χ4v) is 6.36. The lowest BCUT2D eigenvalue weighted by Crippen LogP contribution is -2.31. The van der Waals surface area contributed by atoms with Gasteiger partial charge in [0.2, 0.25) is 12.6 Å². The first-order valence-electron chi connectivity index (χ1n) is 28.3. The molecule has 0 aliphatic rings. The molecule has 4 N–H and O–H groups in total. The summed E-state index contributed by atoms with van der Waals surface area (Å²) in [7, 11) is 0. The average molecular weight is 1820 g/mol. The Morgan fingerprint density at radius 2 is 0.371 bits per heavy atom. The standard InChI is InChI=1S/C28H46Cl4O18.C24H50O14.28CH4/c1-21(49-27(31)35)43-11-9-41-19-24(20-42-10-12-44-22(2)50-28(32)36)46-16-15-45-23(17-39-5-3-37-7-13-47-25(29)33)18-40-6-4-38-8-14-48-26(30)34;1-21(27)35-13-11-33-19-24(20-34-12-14-36-22(2)28)38-16-15-37-23(17-31-9-7-29-5-3-25)18-32-10-8-30-6-4-26;;;;;;;;;;;;;;;;;;;;;;;;;;;;/h21-24H,3-20H2,1-2H3;21-28H,3-20H2,1-2H3;28*1H4. The number of carbonyl (C=O) groups excluding carboxylic acids is 4. The second kappa shape index (κ2) is 160. The molecule has 0 amide bonds. The summed E-state index contributed by atoms with van der Waals surface area (Å²) in [4.78, 5) is 42.7. The molecule has 32 nitrogen and oxygen atoms in total. The van der Waals surface area contributed by atoms with Crippen molar-refractivity contribution in [1.29, 1.82) is 0 Å². The molecule has 0 bridgehead atoms. The Labute approximate surface area is 740 Å². The number of aliphatic hydroxyl groups is 4. The summed E-state index contributed by atoms with van der Waals surface area (Å²) in [5, 5.41) is 35.8. The van der Waals surface area contributed by atoms with Gasteiger partial charge in [-0.25, -0.2) is 19.2 Å². The van der Waals surface area contributed by atoms with E-state index in [2.05, 4.69) is 18.9 Å². The fourth-order valence-electron chi connectivity index (χ4n) is 5.96. The van der Waals surface area contributed by atoms with Gasteiger partial charge in [-0.2, -0.15) is 0 Å². The van der Waals surface area contributed by atoms with Crippen LogP contribution in [0.5, 0.6) is 0 Å². The zero-order valence-corrected chi connectivity index (χ0v) is 53.8. The quantitative estimate of drug-likeness (QED) is 0.0190. The van der Waals surface area contributed by atoms with E-state index in [0.29, 0.717) is 26.4 Å². The van der Waals surface area contributed by atoms with Gasteiger partial charge in [-0.3, -0.25) is 0 Å². The molecule has 0 aromatic heterocycles. The molecule has 0 aromatic rings. The summed E-state index contributed by atoms with van der Waals surface area (Å²) in [6, 6.07) is 0. The lowest BCUT2D eigenvalue weighted by Gasteiger charge is -2.21. The first kappa shape index (κ1) is 206. The Kier molecular flexibility index (Phi) is 285. The van der Waals surface area contributed by atoms with E-state index >= 15 is 0 Å². The van der Waals surface area contributed by atoms with Crippen LogP contribution < -0.4 is 0 Å². The number of aliphatic hydroxyl groups excluding tert-OH is 4. The van der Waals surface area contributed by atoms with Crippen LogP contribution in [0.1, 0.15) is 236 Å². The van der Waals surface area contributed by atoms with Gasteiger partial charge in [0.05, 0.1) is 225 Å². The minimum atomic E-state index is -0.984. The van der Waals surface area contributed by atoms with E-state index in [4.69, 9.17) is 162 Å². The van der Waals surface area contributed by atoms with Crippen LogP contribution in [0.25, 0.3) is 0 Å². The first-order chi connectivity index (χ1) is 42.5. The highest BCUT2D eigenvalue weighted by Crippen LogP contribution is 2.05. The molecule has 36 heteroatoms. The molecule has 0 aliphatic carbocycles. The van der Waals surface area contributed by atoms with Crippen LogP contribution in [-0.2, 0) is 114 Å². The van der Waals surface area contributed by atoms with Gasteiger partial charge in [0.15, 0.2) is 12.6 Å². The van der Waals surface area contributed by atoms with Crippen LogP contribution in [0.3, 0.4) is 0 Å². The monoisotopic (exact) mass is 1820 g/mol. The summed E-state index contributed by atoms with van der Waals surface area (Å²) < 4.78 is 128. The molecule has 0 radical (unpaired) electrons. The van der Waals surface area contributed by atoms with E-state index in [9.17, 15) is 19.2 Å². The van der Waals surface area contributed by atoms with Crippen molar-refractivity contribution in [2.75, 3.05) is 238 Å². The normalized spacial score (nSPS) is 10.3. The third-order valence-corrected chi connectivity index (χ3v) is 10.1. The Hall–Kier alpha value is -1.92. The van der Waals surface area contributed by atoms with Gasteiger partial charge >= 0.3 is 21.7 Å². The van der Waals surface area contributed by atoms with Crippen LogP contribution in [0, 0.1) is 0 Å². The second-order valence-electron chi connectivity index (χ2n) is 17.2. The Morgan fingerprint density at radius 3 is 0.543 bits per heavy atom. The topological polar surface area (TPSA) is 371 Å². The van der Waals surface area contributed by atoms with Crippen molar-refractivity contribution in [2.45, 2.75) is 285 Å². The Bertz CT molecular complexity index is 1460. The fraction of sp³-hybridized carbons (Fsp3) is 0.950. The maximum atomic E-state index is 10.8. The number of halogens is 4. The summed E-state index contributed by atoms with van der Waals surface area (Å²) >= 11 is 20.5. The van der Waals surface area contributed by atoms with Crippen molar-refractivity contribution >= 4 is 68.1 Å². The summed E-state index contributed by atoms with van der Waals surface area (Å²) in [6.07, 6.45) is -5.15. The second-order valence-corrected chi connectivity index (χ2v) is 18.4. The third kappa shape index (κ3) is 170. The van der Waals surface area contributed by atoms with Crippen molar-refractivity contribution in [3.63, 3.8) is 0 Å². The highest BCUT2D eigenvalue weighted by atomic mass is 35.5.